The molecule has 3 heterocycles. The van der Waals surface area contributed by atoms with Crippen molar-refractivity contribution in [1.29, 1.82) is 0 Å². The van der Waals surface area contributed by atoms with Crippen molar-refractivity contribution in [1.82, 2.24) is 14.6 Å². The zero-order valence-corrected chi connectivity index (χ0v) is 14.1. The number of fused-ring (bicyclic) bond motifs is 3. The highest BCUT2D eigenvalue weighted by Gasteiger charge is 2.33. The lowest BCUT2D eigenvalue weighted by Gasteiger charge is -2.03. The van der Waals surface area contributed by atoms with Crippen LogP contribution in [0.1, 0.15) is 11.3 Å². The van der Waals surface area contributed by atoms with Gasteiger partial charge in [0.25, 0.3) is 5.69 Å². The van der Waals surface area contributed by atoms with Crippen LogP contribution in [-0.4, -0.2) is 25.8 Å². The van der Waals surface area contributed by atoms with E-state index >= 15 is 0 Å². The molecule has 0 N–H and O–H groups in total. The van der Waals surface area contributed by atoms with Gasteiger partial charge in [-0.2, -0.15) is 22.9 Å². The summed E-state index contributed by atoms with van der Waals surface area (Å²) in [7, 11) is 0. The van der Waals surface area contributed by atoms with Gasteiger partial charge in [0.1, 0.15) is 17.5 Å². The van der Waals surface area contributed by atoms with Crippen molar-refractivity contribution in [3.63, 3.8) is 0 Å². The number of pyridine rings is 1. The SMILES string of the molecule is O=c1c2oc3nc(C(F)(F)F)ccc3c2ncn1/N=C/c1ccc([N+](=O)[O-])cc1. The first-order valence-electron chi connectivity index (χ1n) is 7.91. The largest absolute Gasteiger partial charge is 0.433 e. The predicted octanol–water partition coefficient (Wildman–Crippen LogP) is 3.35. The summed E-state index contributed by atoms with van der Waals surface area (Å²) in [6.07, 6.45) is -2.31. The maximum Gasteiger partial charge on any atom is 0.433 e. The van der Waals surface area contributed by atoms with Crippen LogP contribution in [-0.2, 0) is 6.18 Å². The zero-order chi connectivity index (χ0) is 20.8. The molecule has 0 saturated heterocycles. The summed E-state index contributed by atoms with van der Waals surface area (Å²) in [5.41, 5.74) is -2.13. The fourth-order valence-electron chi connectivity index (χ4n) is 2.56. The molecule has 1 aromatic carbocycles. The second kappa shape index (κ2) is 6.51. The van der Waals surface area contributed by atoms with Crippen molar-refractivity contribution in [2.45, 2.75) is 6.18 Å². The number of alkyl halides is 3. The lowest BCUT2D eigenvalue weighted by molar-refractivity contribution is -0.384. The summed E-state index contributed by atoms with van der Waals surface area (Å²) < 4.78 is 44.4. The third-order valence-electron chi connectivity index (χ3n) is 3.95. The fourth-order valence-corrected chi connectivity index (χ4v) is 2.56. The number of rotatable bonds is 3. The molecule has 0 atom stereocenters. The Morgan fingerprint density at radius 2 is 1.90 bits per heavy atom. The van der Waals surface area contributed by atoms with Gasteiger partial charge in [-0.3, -0.25) is 14.9 Å². The molecule has 0 aliphatic rings. The molecule has 0 amide bonds. The van der Waals surface area contributed by atoms with Gasteiger partial charge in [0.2, 0.25) is 11.3 Å². The quantitative estimate of drug-likeness (QED) is 0.294. The van der Waals surface area contributed by atoms with Crippen LogP contribution in [0, 0.1) is 10.1 Å². The summed E-state index contributed by atoms with van der Waals surface area (Å²) in [6, 6.07) is 7.32. The molecular formula is C17H8F3N5O4. The molecule has 3 aromatic heterocycles. The van der Waals surface area contributed by atoms with E-state index < -0.39 is 22.4 Å². The third-order valence-corrected chi connectivity index (χ3v) is 3.95. The lowest BCUT2D eigenvalue weighted by atomic mass is 10.2. The smallest absolute Gasteiger partial charge is 0.430 e. The summed E-state index contributed by atoms with van der Waals surface area (Å²) in [4.78, 5) is 30.0. The van der Waals surface area contributed by atoms with Gasteiger partial charge < -0.3 is 4.42 Å². The van der Waals surface area contributed by atoms with E-state index in [-0.39, 0.29) is 27.9 Å². The van der Waals surface area contributed by atoms with Crippen LogP contribution in [0.15, 0.2) is 57.0 Å². The minimum Gasteiger partial charge on any atom is -0.430 e. The van der Waals surface area contributed by atoms with E-state index in [1.807, 2.05) is 0 Å². The Morgan fingerprint density at radius 3 is 2.55 bits per heavy atom. The second-order valence-corrected chi connectivity index (χ2v) is 5.81. The van der Waals surface area contributed by atoms with Crippen molar-refractivity contribution < 1.29 is 22.5 Å². The fraction of sp³-hybridized carbons (Fsp3) is 0.0588. The standard InChI is InChI=1S/C17H8F3N5O4/c18-17(19,20)12-6-5-11-13-14(29-15(11)23-12)16(26)24(8-21-13)22-7-9-1-3-10(4-2-9)25(27)28/h1-8H/b22-7+. The Morgan fingerprint density at radius 1 is 1.17 bits per heavy atom. The molecule has 29 heavy (non-hydrogen) atoms. The number of nitrogens with zero attached hydrogens (tertiary/aromatic N) is 5. The third kappa shape index (κ3) is 3.31. The molecular weight excluding hydrogens is 395 g/mol. The lowest BCUT2D eigenvalue weighted by Crippen LogP contribution is -2.16. The van der Waals surface area contributed by atoms with Gasteiger partial charge in [0.05, 0.1) is 16.5 Å². The van der Waals surface area contributed by atoms with Crippen LogP contribution in [0.5, 0.6) is 0 Å². The molecule has 4 aromatic rings. The summed E-state index contributed by atoms with van der Waals surface area (Å²) in [6.45, 7) is 0. The minimum atomic E-state index is -4.66. The Hall–Kier alpha value is -4.09. The first-order chi connectivity index (χ1) is 13.7. The van der Waals surface area contributed by atoms with Crippen molar-refractivity contribution >= 4 is 34.1 Å². The van der Waals surface area contributed by atoms with E-state index in [9.17, 15) is 28.1 Å². The molecule has 0 unspecified atom stereocenters. The number of halogens is 3. The van der Waals surface area contributed by atoms with Gasteiger partial charge in [-0.1, -0.05) is 0 Å². The average molecular weight is 403 g/mol. The molecule has 4 rings (SSSR count). The molecule has 9 nitrogen and oxygen atoms in total. The Balaban J connectivity index is 1.74. The van der Waals surface area contributed by atoms with E-state index in [1.165, 1.54) is 30.5 Å². The molecule has 0 fully saturated rings. The van der Waals surface area contributed by atoms with Gasteiger partial charge in [-0.25, -0.2) is 9.97 Å². The van der Waals surface area contributed by atoms with Crippen molar-refractivity contribution in [3.8, 4) is 0 Å². The molecule has 0 bridgehead atoms. The Bertz CT molecular complexity index is 1340. The van der Waals surface area contributed by atoms with Gasteiger partial charge >= 0.3 is 11.7 Å². The van der Waals surface area contributed by atoms with Crippen molar-refractivity contribution in [2.75, 3.05) is 0 Å². The van der Waals surface area contributed by atoms with Crippen LogP contribution in [0.25, 0.3) is 22.2 Å². The molecule has 12 heteroatoms. The number of nitro benzene ring substituents is 1. The highest BCUT2D eigenvalue weighted by molar-refractivity contribution is 6.00. The molecule has 0 saturated carbocycles. The molecule has 0 aliphatic carbocycles. The Labute approximate surface area is 157 Å². The molecule has 0 radical (unpaired) electrons. The number of non-ortho nitro benzene ring substituents is 1. The number of hydrogen-bond acceptors (Lipinski definition) is 7. The Kier molecular flexibility index (Phi) is 4.10. The molecule has 146 valence electrons. The molecule has 0 spiro atoms. The summed E-state index contributed by atoms with van der Waals surface area (Å²) >= 11 is 0. The number of nitro groups is 1. The number of hydrogen-bond donors (Lipinski definition) is 0. The zero-order valence-electron chi connectivity index (χ0n) is 14.1. The first kappa shape index (κ1) is 18.3. The monoisotopic (exact) mass is 403 g/mol. The van der Waals surface area contributed by atoms with Gasteiger partial charge in [-0.15, -0.1) is 0 Å². The van der Waals surface area contributed by atoms with Crippen LogP contribution < -0.4 is 5.56 Å². The van der Waals surface area contributed by atoms with Gasteiger partial charge in [0.15, 0.2) is 0 Å². The number of benzene rings is 1. The molecule has 0 aliphatic heterocycles. The summed E-state index contributed by atoms with van der Waals surface area (Å²) in [5, 5.41) is 14.7. The van der Waals surface area contributed by atoms with Crippen LogP contribution in [0.3, 0.4) is 0 Å². The van der Waals surface area contributed by atoms with Gasteiger partial charge in [0, 0.05) is 12.1 Å². The maximum absolute atomic E-state index is 12.8. The van der Waals surface area contributed by atoms with Crippen LogP contribution >= 0.6 is 0 Å². The minimum absolute atomic E-state index is 0.0630. The maximum atomic E-state index is 12.8. The highest BCUT2D eigenvalue weighted by Crippen LogP contribution is 2.31. The second-order valence-electron chi connectivity index (χ2n) is 5.81. The summed E-state index contributed by atoms with van der Waals surface area (Å²) in [5.74, 6) is 0. The van der Waals surface area contributed by atoms with Crippen LogP contribution in [0.4, 0.5) is 18.9 Å². The van der Waals surface area contributed by atoms with E-state index in [0.29, 0.717) is 5.56 Å². The average Bonchev–Trinajstić information content (AvgIpc) is 3.06. The van der Waals surface area contributed by atoms with E-state index in [0.717, 1.165) is 23.1 Å². The van der Waals surface area contributed by atoms with Gasteiger partial charge in [-0.05, 0) is 29.8 Å². The van der Waals surface area contributed by atoms with E-state index in [1.54, 1.807) is 0 Å². The van der Waals surface area contributed by atoms with E-state index in [2.05, 4.69) is 15.1 Å². The topological polar surface area (TPSA) is 116 Å². The van der Waals surface area contributed by atoms with Crippen molar-refractivity contribution in [3.05, 3.63) is 74.5 Å². The highest BCUT2D eigenvalue weighted by atomic mass is 19.4. The number of aromatic nitrogens is 3. The van der Waals surface area contributed by atoms with Crippen LogP contribution in [0.2, 0.25) is 0 Å². The first-order valence-corrected chi connectivity index (χ1v) is 7.91. The normalized spacial score (nSPS) is 12.2. The van der Waals surface area contributed by atoms with Crippen molar-refractivity contribution in [2.24, 2.45) is 5.10 Å². The number of furan rings is 1. The van der Waals surface area contributed by atoms with E-state index in [4.69, 9.17) is 4.42 Å². The predicted molar refractivity (Wildman–Crippen MR) is 94.7 cm³/mol.